The number of nitrogens with zero attached hydrogens (tertiary/aromatic N) is 4. The number of alkyl halides is 6. The summed E-state index contributed by atoms with van der Waals surface area (Å²) < 4.78 is 118. The number of rotatable bonds is 4. The smallest absolute Gasteiger partial charge is 0.433 e. The lowest BCUT2D eigenvalue weighted by atomic mass is 10.1. The van der Waals surface area contributed by atoms with Crippen molar-refractivity contribution < 1.29 is 44.0 Å². The molecule has 4 rings (SSSR count). The highest BCUT2D eigenvalue weighted by Crippen LogP contribution is 2.39. The molecule has 0 bridgehead atoms. The Balaban J connectivity index is 1.87. The fourth-order valence-corrected chi connectivity index (χ4v) is 4.50. The molecule has 1 aromatic carbocycles. The quantitative estimate of drug-likeness (QED) is 0.214. The van der Waals surface area contributed by atoms with E-state index >= 15 is 0 Å². The Bertz CT molecular complexity index is 1660. The van der Waals surface area contributed by atoms with Gasteiger partial charge in [-0.15, -0.1) is 0 Å². The van der Waals surface area contributed by atoms with Crippen LogP contribution in [0.25, 0.3) is 16.9 Å². The molecule has 1 N–H and O–H groups in total. The van der Waals surface area contributed by atoms with E-state index in [0.29, 0.717) is 28.0 Å². The van der Waals surface area contributed by atoms with Gasteiger partial charge in [0, 0.05) is 5.56 Å². The third kappa shape index (κ3) is 5.53. The van der Waals surface area contributed by atoms with Gasteiger partial charge >= 0.3 is 22.5 Å². The second-order valence-electron chi connectivity index (χ2n) is 7.17. The van der Waals surface area contributed by atoms with E-state index in [1.807, 2.05) is 0 Å². The number of hydrogen-bond acceptors (Lipinski definition) is 7. The SMILES string of the molecule is CCOc1cc(-c2cc(C(F)(F)F)n3ncc(C#Cc4ncc(S(=O)(=O)O)s4)c3n2)ccc1C(F)(F)F. The lowest BCUT2D eigenvalue weighted by Gasteiger charge is -2.15. The maximum Gasteiger partial charge on any atom is 0.433 e. The van der Waals surface area contributed by atoms with Crippen molar-refractivity contribution in [3.63, 3.8) is 0 Å². The van der Waals surface area contributed by atoms with E-state index in [1.54, 1.807) is 0 Å². The van der Waals surface area contributed by atoms with Crippen molar-refractivity contribution in [2.24, 2.45) is 0 Å². The van der Waals surface area contributed by atoms with Crippen LogP contribution in [0.1, 0.15) is 28.8 Å². The van der Waals surface area contributed by atoms with Crippen LogP contribution in [0, 0.1) is 11.8 Å². The minimum Gasteiger partial charge on any atom is -0.493 e. The van der Waals surface area contributed by atoms with E-state index in [9.17, 15) is 34.8 Å². The summed E-state index contributed by atoms with van der Waals surface area (Å²) in [5.74, 6) is 4.39. The van der Waals surface area contributed by atoms with Crippen LogP contribution >= 0.6 is 11.3 Å². The van der Waals surface area contributed by atoms with Crippen LogP contribution in [0.3, 0.4) is 0 Å². The standard InChI is InChI=1S/C21H12F6N4O4S2/c1-2-35-15-7-11(3-5-13(15)20(22,23)24)14-8-16(21(25,26)27)31-19(30-14)12(9-29-31)4-6-17-28-10-18(36-17)37(32,33)34/h3,5,7-10H,2H2,1H3,(H,32,33,34). The number of aromatic nitrogens is 4. The Labute approximate surface area is 208 Å². The van der Waals surface area contributed by atoms with Crippen LogP contribution in [-0.2, 0) is 22.5 Å². The molecular weight excluding hydrogens is 550 g/mol. The summed E-state index contributed by atoms with van der Waals surface area (Å²) in [5.41, 5.74) is -3.22. The molecule has 0 fully saturated rings. The minimum atomic E-state index is -4.92. The highest BCUT2D eigenvalue weighted by molar-refractivity contribution is 7.88. The van der Waals surface area contributed by atoms with Gasteiger partial charge in [0.1, 0.15) is 5.75 Å². The molecule has 4 aromatic rings. The maximum absolute atomic E-state index is 13.8. The van der Waals surface area contributed by atoms with Gasteiger partial charge in [-0.25, -0.2) is 14.5 Å². The summed E-state index contributed by atoms with van der Waals surface area (Å²) >= 11 is 0.528. The Morgan fingerprint density at radius 3 is 2.41 bits per heavy atom. The normalized spacial score (nSPS) is 12.4. The third-order valence-electron chi connectivity index (χ3n) is 4.69. The number of hydrogen-bond donors (Lipinski definition) is 1. The average molecular weight is 562 g/mol. The molecule has 0 unspecified atom stereocenters. The lowest BCUT2D eigenvalue weighted by molar-refractivity contribution is -0.142. The molecule has 3 aromatic heterocycles. The summed E-state index contributed by atoms with van der Waals surface area (Å²) in [5, 5.41) is 3.61. The van der Waals surface area contributed by atoms with Gasteiger partial charge in [0.25, 0.3) is 0 Å². The predicted octanol–water partition coefficient (Wildman–Crippen LogP) is 4.94. The van der Waals surface area contributed by atoms with Crippen LogP contribution in [-0.4, -0.2) is 39.2 Å². The van der Waals surface area contributed by atoms with Gasteiger partial charge in [0.05, 0.1) is 35.8 Å². The monoisotopic (exact) mass is 562 g/mol. The molecule has 37 heavy (non-hydrogen) atoms. The van der Waals surface area contributed by atoms with Crippen molar-refractivity contribution in [1.82, 2.24) is 19.6 Å². The lowest BCUT2D eigenvalue weighted by Crippen LogP contribution is -2.14. The topological polar surface area (TPSA) is 107 Å². The van der Waals surface area contributed by atoms with E-state index in [2.05, 4.69) is 26.9 Å². The molecule has 0 amide bonds. The van der Waals surface area contributed by atoms with Crippen molar-refractivity contribution in [1.29, 1.82) is 0 Å². The predicted molar refractivity (Wildman–Crippen MR) is 118 cm³/mol. The van der Waals surface area contributed by atoms with Crippen molar-refractivity contribution >= 4 is 27.1 Å². The molecule has 194 valence electrons. The Kier molecular flexibility index (Phi) is 6.65. The molecule has 0 saturated heterocycles. The Morgan fingerprint density at radius 2 is 1.81 bits per heavy atom. The fraction of sp³-hybridized carbons (Fsp3) is 0.190. The van der Waals surface area contributed by atoms with Gasteiger partial charge in [-0.2, -0.15) is 39.9 Å². The van der Waals surface area contributed by atoms with E-state index < -0.39 is 43.7 Å². The largest absolute Gasteiger partial charge is 0.493 e. The number of benzene rings is 1. The van der Waals surface area contributed by atoms with E-state index in [-0.39, 0.29) is 34.1 Å². The number of halogens is 6. The first kappa shape index (κ1) is 26.4. The molecule has 3 heterocycles. The van der Waals surface area contributed by atoms with Gasteiger partial charge in [0.2, 0.25) is 0 Å². The summed E-state index contributed by atoms with van der Waals surface area (Å²) in [6.07, 6.45) is -7.82. The van der Waals surface area contributed by atoms with Gasteiger partial charge < -0.3 is 4.74 Å². The molecule has 0 saturated carbocycles. The number of fused-ring (bicyclic) bond motifs is 1. The van der Waals surface area contributed by atoms with Crippen molar-refractivity contribution in [2.45, 2.75) is 23.5 Å². The van der Waals surface area contributed by atoms with Crippen molar-refractivity contribution in [2.75, 3.05) is 6.61 Å². The van der Waals surface area contributed by atoms with E-state index in [0.717, 1.165) is 24.5 Å². The summed E-state index contributed by atoms with van der Waals surface area (Å²) in [6.45, 7) is 1.34. The van der Waals surface area contributed by atoms with Gasteiger partial charge in [-0.05, 0) is 31.0 Å². The van der Waals surface area contributed by atoms with Crippen molar-refractivity contribution in [3.8, 4) is 28.8 Å². The summed E-state index contributed by atoms with van der Waals surface area (Å²) in [6, 6.07) is 3.23. The minimum absolute atomic E-state index is 0.0664. The summed E-state index contributed by atoms with van der Waals surface area (Å²) in [4.78, 5) is 7.85. The first-order valence-corrected chi connectivity index (χ1v) is 12.2. The maximum atomic E-state index is 13.8. The fourth-order valence-electron chi connectivity index (χ4n) is 3.15. The number of ether oxygens (including phenoxy) is 1. The average Bonchev–Trinajstić information content (AvgIpc) is 3.43. The summed E-state index contributed by atoms with van der Waals surface area (Å²) in [7, 11) is -4.51. The van der Waals surface area contributed by atoms with E-state index in [4.69, 9.17) is 9.29 Å². The molecule has 0 atom stereocenters. The molecule has 0 aliphatic rings. The molecule has 8 nitrogen and oxygen atoms in total. The first-order chi connectivity index (χ1) is 17.2. The van der Waals surface area contributed by atoms with Crippen LogP contribution < -0.4 is 4.74 Å². The second-order valence-corrected chi connectivity index (χ2v) is 9.85. The molecular formula is C21H12F6N4O4S2. The van der Waals surface area contributed by atoms with Crippen molar-refractivity contribution in [3.05, 3.63) is 58.5 Å². The molecule has 0 aliphatic heterocycles. The Hall–Kier alpha value is -3.68. The highest BCUT2D eigenvalue weighted by Gasteiger charge is 2.37. The van der Waals surface area contributed by atoms with Gasteiger partial charge in [-0.3, -0.25) is 4.55 Å². The van der Waals surface area contributed by atoms with Crippen LogP contribution in [0.15, 0.2) is 40.9 Å². The second kappa shape index (κ2) is 9.32. The van der Waals surface area contributed by atoms with Gasteiger partial charge in [-0.1, -0.05) is 23.3 Å². The zero-order chi connectivity index (χ0) is 27.2. The molecule has 16 heteroatoms. The van der Waals surface area contributed by atoms with E-state index in [1.165, 1.54) is 6.92 Å². The molecule has 0 aliphatic carbocycles. The third-order valence-corrected chi connectivity index (χ3v) is 6.89. The van der Waals surface area contributed by atoms with Crippen LogP contribution in [0.4, 0.5) is 26.3 Å². The van der Waals surface area contributed by atoms with Gasteiger partial charge in [0.15, 0.2) is 20.6 Å². The number of thiazole rings is 1. The Morgan fingerprint density at radius 1 is 1.08 bits per heavy atom. The highest BCUT2D eigenvalue weighted by atomic mass is 32.3. The first-order valence-electron chi connectivity index (χ1n) is 9.94. The zero-order valence-electron chi connectivity index (χ0n) is 18.2. The van der Waals surface area contributed by atoms with Crippen LogP contribution in [0.2, 0.25) is 0 Å². The molecule has 0 radical (unpaired) electrons. The molecule has 0 spiro atoms. The zero-order valence-corrected chi connectivity index (χ0v) is 19.8. The van der Waals surface area contributed by atoms with Crippen LogP contribution in [0.5, 0.6) is 5.75 Å².